The number of ether oxygens (including phenoxy) is 3. The van der Waals surface area contributed by atoms with Gasteiger partial charge in [0.05, 0.1) is 36.9 Å². The van der Waals surface area contributed by atoms with E-state index in [1.165, 1.54) is 21.3 Å². The lowest BCUT2D eigenvalue weighted by Crippen LogP contribution is -2.50. The van der Waals surface area contributed by atoms with Crippen LogP contribution in [-0.2, 0) is 5.54 Å². The van der Waals surface area contributed by atoms with Crippen molar-refractivity contribution in [3.8, 4) is 17.2 Å². The number of hydrogen-bond donors (Lipinski definition) is 1. The maximum atomic E-state index is 13.3. The van der Waals surface area contributed by atoms with Gasteiger partial charge in [-0.3, -0.25) is 4.79 Å². The highest BCUT2D eigenvalue weighted by Crippen LogP contribution is 2.39. The number of nitrogens with zero attached hydrogens (tertiary/aromatic N) is 1. The quantitative estimate of drug-likeness (QED) is 0.510. The van der Waals surface area contributed by atoms with E-state index in [0.717, 1.165) is 5.56 Å². The lowest BCUT2D eigenvalue weighted by molar-refractivity contribution is 0.0744. The van der Waals surface area contributed by atoms with Gasteiger partial charge in [0.15, 0.2) is 11.5 Å². The van der Waals surface area contributed by atoms with Crippen molar-refractivity contribution in [1.82, 2.24) is 10.2 Å². The Labute approximate surface area is 193 Å². The molecule has 0 saturated carbocycles. The Morgan fingerprint density at radius 2 is 1.71 bits per heavy atom. The Morgan fingerprint density at radius 3 is 2.16 bits per heavy atom. The molecular formula is C23H28Cl2N2O4. The van der Waals surface area contributed by atoms with Gasteiger partial charge in [0.2, 0.25) is 5.75 Å². The van der Waals surface area contributed by atoms with Crippen LogP contribution in [0.1, 0.15) is 22.3 Å². The Hall–Kier alpha value is -2.41. The third kappa shape index (κ3) is 5.26. The number of likely N-dealkylation sites (N-methyl/N-ethyl adjacent to an activating group) is 2. The number of hydrogen-bond acceptors (Lipinski definition) is 5. The third-order valence-corrected chi connectivity index (χ3v) is 5.95. The van der Waals surface area contributed by atoms with Gasteiger partial charge >= 0.3 is 0 Å². The maximum Gasteiger partial charge on any atom is 0.253 e. The molecule has 0 spiro atoms. The highest BCUT2D eigenvalue weighted by atomic mass is 35.5. The molecule has 168 valence electrons. The monoisotopic (exact) mass is 466 g/mol. The molecule has 0 aliphatic rings. The second kappa shape index (κ2) is 10.8. The van der Waals surface area contributed by atoms with Gasteiger partial charge in [-0.05, 0) is 43.3 Å². The lowest BCUT2D eigenvalue weighted by atomic mass is 9.86. The first-order valence-electron chi connectivity index (χ1n) is 9.57. The summed E-state index contributed by atoms with van der Waals surface area (Å²) >= 11 is 12.4. The van der Waals surface area contributed by atoms with Crippen molar-refractivity contribution in [1.29, 1.82) is 0 Å². The summed E-state index contributed by atoms with van der Waals surface area (Å²) in [6, 6.07) is 8.71. The minimum absolute atomic E-state index is 0.206. The van der Waals surface area contributed by atoms with Crippen LogP contribution in [0.25, 0.3) is 0 Å². The predicted molar refractivity (Wildman–Crippen MR) is 125 cm³/mol. The van der Waals surface area contributed by atoms with Gasteiger partial charge in [-0.15, -0.1) is 6.58 Å². The molecule has 31 heavy (non-hydrogen) atoms. The lowest BCUT2D eigenvalue weighted by Gasteiger charge is -2.37. The zero-order chi connectivity index (χ0) is 23.2. The molecule has 1 N–H and O–H groups in total. The number of amides is 1. The van der Waals surface area contributed by atoms with Crippen molar-refractivity contribution in [2.75, 3.05) is 42.0 Å². The highest BCUT2D eigenvalue weighted by molar-refractivity contribution is 6.42. The smallest absolute Gasteiger partial charge is 0.253 e. The topological polar surface area (TPSA) is 60.0 Å². The Bertz CT molecular complexity index is 926. The second-order valence-electron chi connectivity index (χ2n) is 7.03. The van der Waals surface area contributed by atoms with Crippen LogP contribution >= 0.6 is 23.2 Å². The van der Waals surface area contributed by atoms with Gasteiger partial charge < -0.3 is 24.4 Å². The summed E-state index contributed by atoms with van der Waals surface area (Å²) < 4.78 is 16.1. The minimum atomic E-state index is -0.610. The molecule has 8 heteroatoms. The molecule has 0 saturated heterocycles. The molecule has 0 fully saturated rings. The number of rotatable bonds is 10. The summed E-state index contributed by atoms with van der Waals surface area (Å²) in [6.45, 7) is 4.23. The Morgan fingerprint density at radius 1 is 1.10 bits per heavy atom. The Balaban J connectivity index is 2.43. The molecule has 0 aliphatic heterocycles. The molecule has 0 bridgehead atoms. The van der Waals surface area contributed by atoms with Gasteiger partial charge in [-0.25, -0.2) is 0 Å². The average Bonchev–Trinajstić information content (AvgIpc) is 2.78. The first-order chi connectivity index (χ1) is 14.8. The van der Waals surface area contributed by atoms with Gasteiger partial charge in [-0.1, -0.05) is 35.3 Å². The fourth-order valence-corrected chi connectivity index (χ4v) is 3.84. The SMILES string of the molecule is C=CC[C@](CN(C)C(=O)c1cc(OC)c(OC)c(OC)c1)(NC)c1ccc(Cl)c(Cl)c1. The van der Waals surface area contributed by atoms with Crippen LogP contribution in [-0.4, -0.2) is 52.8 Å². The van der Waals surface area contributed by atoms with E-state index in [4.69, 9.17) is 37.4 Å². The molecule has 0 unspecified atom stereocenters. The standard InChI is InChI=1S/C23H28Cl2N2O4/c1-7-10-23(26-2,16-8-9-17(24)18(25)13-16)14-27(3)22(28)15-11-19(29-4)21(31-6)20(12-15)30-5/h7-9,11-13,26H,1,10,14H2,2-6H3/t23-/m1/s1. The summed E-state index contributed by atoms with van der Waals surface area (Å²) in [4.78, 5) is 14.9. The zero-order valence-corrected chi connectivity index (χ0v) is 19.9. The average molecular weight is 467 g/mol. The van der Waals surface area contributed by atoms with E-state index in [1.807, 2.05) is 19.2 Å². The van der Waals surface area contributed by atoms with Crippen molar-refractivity contribution < 1.29 is 19.0 Å². The number of methoxy groups -OCH3 is 3. The van der Waals surface area contributed by atoms with Crippen molar-refractivity contribution in [3.05, 3.63) is 64.2 Å². The molecule has 6 nitrogen and oxygen atoms in total. The van der Waals surface area contributed by atoms with Crippen LogP contribution in [0, 0.1) is 0 Å². The van der Waals surface area contributed by atoms with E-state index >= 15 is 0 Å². The maximum absolute atomic E-state index is 13.3. The van der Waals surface area contributed by atoms with E-state index in [9.17, 15) is 4.79 Å². The van der Waals surface area contributed by atoms with E-state index in [1.54, 1.807) is 36.2 Å². The van der Waals surface area contributed by atoms with E-state index in [0.29, 0.717) is 45.8 Å². The summed E-state index contributed by atoms with van der Waals surface area (Å²) in [5.41, 5.74) is 0.699. The van der Waals surface area contributed by atoms with Gasteiger partial charge in [0, 0.05) is 19.2 Å². The van der Waals surface area contributed by atoms with Crippen molar-refractivity contribution in [3.63, 3.8) is 0 Å². The fourth-order valence-electron chi connectivity index (χ4n) is 3.54. The summed E-state index contributed by atoms with van der Waals surface area (Å²) in [6.07, 6.45) is 2.37. The van der Waals surface area contributed by atoms with E-state index in [2.05, 4.69) is 11.9 Å². The van der Waals surface area contributed by atoms with Gasteiger partial charge in [0.1, 0.15) is 0 Å². The van der Waals surface area contributed by atoms with Crippen molar-refractivity contribution in [2.45, 2.75) is 12.0 Å². The van der Waals surface area contributed by atoms with Crippen molar-refractivity contribution in [2.24, 2.45) is 0 Å². The van der Waals surface area contributed by atoms with Gasteiger partial charge in [0.25, 0.3) is 5.91 Å². The van der Waals surface area contributed by atoms with E-state index in [-0.39, 0.29) is 5.91 Å². The van der Waals surface area contributed by atoms with Crippen LogP contribution in [0.4, 0.5) is 0 Å². The highest BCUT2D eigenvalue weighted by Gasteiger charge is 2.33. The predicted octanol–water partition coefficient (Wildman–Crippen LogP) is 4.78. The van der Waals surface area contributed by atoms with Crippen molar-refractivity contribution >= 4 is 29.1 Å². The van der Waals surface area contributed by atoms with Crippen LogP contribution in [0.15, 0.2) is 43.0 Å². The van der Waals surface area contributed by atoms with Gasteiger partial charge in [-0.2, -0.15) is 0 Å². The van der Waals surface area contributed by atoms with Crippen LogP contribution in [0.2, 0.25) is 10.0 Å². The number of nitrogens with one attached hydrogen (secondary N) is 1. The molecule has 2 aromatic carbocycles. The summed E-state index contributed by atoms with van der Waals surface area (Å²) in [7, 11) is 8.11. The fraction of sp³-hybridized carbons (Fsp3) is 0.348. The first kappa shape index (κ1) is 24.9. The molecule has 0 radical (unpaired) electrons. The third-order valence-electron chi connectivity index (χ3n) is 5.21. The zero-order valence-electron chi connectivity index (χ0n) is 18.4. The van der Waals surface area contributed by atoms with E-state index < -0.39 is 5.54 Å². The summed E-state index contributed by atoms with van der Waals surface area (Å²) in [5, 5.41) is 4.26. The Kier molecular flexibility index (Phi) is 8.62. The molecule has 2 aromatic rings. The normalized spacial score (nSPS) is 12.6. The first-order valence-corrected chi connectivity index (χ1v) is 10.3. The molecule has 0 heterocycles. The molecule has 0 aliphatic carbocycles. The number of benzene rings is 2. The van der Waals surface area contributed by atoms with Crippen LogP contribution < -0.4 is 19.5 Å². The number of carbonyl (C=O) groups excluding carboxylic acids is 1. The molecule has 1 amide bonds. The number of carbonyl (C=O) groups is 1. The molecular weight excluding hydrogens is 439 g/mol. The van der Waals surface area contributed by atoms with Crippen LogP contribution in [0.5, 0.6) is 17.2 Å². The largest absolute Gasteiger partial charge is 0.493 e. The molecule has 1 atom stereocenters. The second-order valence-corrected chi connectivity index (χ2v) is 7.84. The molecule has 2 rings (SSSR count). The number of halogens is 2. The minimum Gasteiger partial charge on any atom is -0.493 e. The van der Waals surface area contributed by atoms with Crippen LogP contribution in [0.3, 0.4) is 0 Å². The summed E-state index contributed by atoms with van der Waals surface area (Å²) in [5.74, 6) is 1.04. The molecule has 0 aromatic heterocycles.